The highest BCUT2D eigenvalue weighted by molar-refractivity contribution is 7.13. The molecule has 0 saturated carbocycles. The summed E-state index contributed by atoms with van der Waals surface area (Å²) in [5.41, 5.74) is 1.60. The van der Waals surface area contributed by atoms with E-state index >= 15 is 0 Å². The SMILES string of the molecule is COc1cc2c(cc1CNC(=O)c1sc(C(C)C)nc1C)OCCO2. The fourth-order valence-electron chi connectivity index (χ4n) is 2.57. The van der Waals surface area contributed by atoms with Crippen LogP contribution in [0.4, 0.5) is 0 Å². The fourth-order valence-corrected chi connectivity index (χ4v) is 3.56. The number of fused-ring (bicyclic) bond motifs is 1. The number of thiazole rings is 1. The Hall–Kier alpha value is -2.28. The van der Waals surface area contributed by atoms with E-state index in [1.165, 1.54) is 11.3 Å². The zero-order chi connectivity index (χ0) is 18.0. The smallest absolute Gasteiger partial charge is 0.263 e. The molecular weight excluding hydrogens is 340 g/mol. The quantitative estimate of drug-likeness (QED) is 0.884. The number of hydrogen-bond acceptors (Lipinski definition) is 6. The summed E-state index contributed by atoms with van der Waals surface area (Å²) in [7, 11) is 1.60. The molecule has 134 valence electrons. The lowest BCUT2D eigenvalue weighted by Gasteiger charge is -2.20. The minimum atomic E-state index is -0.126. The van der Waals surface area contributed by atoms with E-state index in [2.05, 4.69) is 24.1 Å². The number of benzene rings is 1. The highest BCUT2D eigenvalue weighted by atomic mass is 32.1. The van der Waals surface area contributed by atoms with Gasteiger partial charge in [-0.25, -0.2) is 4.98 Å². The number of ether oxygens (including phenoxy) is 3. The van der Waals surface area contributed by atoms with Crippen LogP contribution >= 0.6 is 11.3 Å². The van der Waals surface area contributed by atoms with Crippen LogP contribution in [0, 0.1) is 6.92 Å². The standard InChI is InChI=1S/C18H22N2O4S/c1-10(2)18-20-11(3)16(25-18)17(21)19-9-12-7-14-15(8-13(12)22-4)24-6-5-23-14/h7-8,10H,5-6,9H2,1-4H3,(H,19,21). The van der Waals surface area contributed by atoms with Crippen molar-refractivity contribution in [2.75, 3.05) is 20.3 Å². The molecule has 2 heterocycles. The van der Waals surface area contributed by atoms with Gasteiger partial charge in [-0.2, -0.15) is 0 Å². The Kier molecular flexibility index (Phi) is 5.13. The number of hydrogen-bond donors (Lipinski definition) is 1. The molecule has 6 nitrogen and oxygen atoms in total. The monoisotopic (exact) mass is 362 g/mol. The van der Waals surface area contributed by atoms with Crippen molar-refractivity contribution in [1.82, 2.24) is 10.3 Å². The normalized spacial score (nSPS) is 13.0. The van der Waals surface area contributed by atoms with E-state index in [0.29, 0.717) is 47.8 Å². The van der Waals surface area contributed by atoms with E-state index < -0.39 is 0 Å². The topological polar surface area (TPSA) is 69.7 Å². The van der Waals surface area contributed by atoms with Gasteiger partial charge in [0.25, 0.3) is 5.91 Å². The van der Waals surface area contributed by atoms with Gasteiger partial charge in [-0.15, -0.1) is 11.3 Å². The number of methoxy groups -OCH3 is 1. The van der Waals surface area contributed by atoms with Crippen LogP contribution in [0.3, 0.4) is 0 Å². The molecule has 1 aliphatic heterocycles. The lowest BCUT2D eigenvalue weighted by Crippen LogP contribution is -2.23. The Balaban J connectivity index is 1.76. The Bertz CT molecular complexity index is 786. The van der Waals surface area contributed by atoms with E-state index in [0.717, 1.165) is 16.3 Å². The lowest BCUT2D eigenvalue weighted by atomic mass is 10.1. The number of aromatic nitrogens is 1. The van der Waals surface area contributed by atoms with E-state index in [1.807, 2.05) is 13.0 Å². The average Bonchev–Trinajstić information content (AvgIpc) is 3.01. The van der Waals surface area contributed by atoms with Crippen LogP contribution in [-0.4, -0.2) is 31.2 Å². The van der Waals surface area contributed by atoms with Crippen LogP contribution in [0.25, 0.3) is 0 Å². The van der Waals surface area contributed by atoms with Gasteiger partial charge in [-0.3, -0.25) is 4.79 Å². The van der Waals surface area contributed by atoms with Gasteiger partial charge in [-0.05, 0) is 13.0 Å². The Morgan fingerprint density at radius 3 is 2.60 bits per heavy atom. The summed E-state index contributed by atoms with van der Waals surface area (Å²) in [5, 5.41) is 3.92. The van der Waals surface area contributed by atoms with Crippen molar-refractivity contribution < 1.29 is 19.0 Å². The molecule has 0 fully saturated rings. The number of amides is 1. The number of carbonyl (C=O) groups excluding carboxylic acids is 1. The van der Waals surface area contributed by atoms with Crippen molar-refractivity contribution in [2.45, 2.75) is 33.2 Å². The molecule has 2 aromatic rings. The van der Waals surface area contributed by atoms with Crippen LogP contribution in [0.5, 0.6) is 17.2 Å². The minimum absolute atomic E-state index is 0.126. The molecule has 0 unspecified atom stereocenters. The summed E-state index contributed by atoms with van der Waals surface area (Å²) in [6, 6.07) is 3.65. The average molecular weight is 362 g/mol. The second-order valence-corrected chi connectivity index (χ2v) is 7.14. The molecule has 25 heavy (non-hydrogen) atoms. The largest absolute Gasteiger partial charge is 0.496 e. The molecule has 1 aromatic heterocycles. The molecule has 0 bridgehead atoms. The second kappa shape index (κ2) is 7.31. The summed E-state index contributed by atoms with van der Waals surface area (Å²) in [5.74, 6) is 2.18. The third-order valence-corrected chi connectivity index (χ3v) is 5.35. The van der Waals surface area contributed by atoms with Crippen molar-refractivity contribution in [3.05, 3.63) is 33.3 Å². The van der Waals surface area contributed by atoms with Crippen molar-refractivity contribution in [2.24, 2.45) is 0 Å². The van der Waals surface area contributed by atoms with Crippen molar-refractivity contribution in [3.63, 3.8) is 0 Å². The molecule has 0 saturated heterocycles. The van der Waals surface area contributed by atoms with Crippen LogP contribution in [0.1, 0.15) is 45.7 Å². The maximum atomic E-state index is 12.5. The first-order chi connectivity index (χ1) is 12.0. The van der Waals surface area contributed by atoms with Crippen molar-refractivity contribution in [1.29, 1.82) is 0 Å². The molecule has 0 atom stereocenters. The molecule has 0 spiro atoms. The number of nitrogens with zero attached hydrogens (tertiary/aromatic N) is 1. The van der Waals surface area contributed by atoms with Gasteiger partial charge in [0.15, 0.2) is 11.5 Å². The summed E-state index contributed by atoms with van der Waals surface area (Å²) < 4.78 is 16.6. The van der Waals surface area contributed by atoms with Crippen LogP contribution in [0.2, 0.25) is 0 Å². The van der Waals surface area contributed by atoms with Gasteiger partial charge < -0.3 is 19.5 Å². The molecule has 0 aliphatic carbocycles. The number of nitrogens with one attached hydrogen (secondary N) is 1. The number of rotatable bonds is 5. The van der Waals surface area contributed by atoms with Gasteiger partial charge in [-0.1, -0.05) is 13.8 Å². The lowest BCUT2D eigenvalue weighted by molar-refractivity contribution is 0.0954. The fraction of sp³-hybridized carbons (Fsp3) is 0.444. The zero-order valence-corrected chi connectivity index (χ0v) is 15.7. The van der Waals surface area contributed by atoms with Crippen LogP contribution < -0.4 is 19.5 Å². The Morgan fingerprint density at radius 2 is 2.00 bits per heavy atom. The molecule has 3 rings (SSSR count). The Morgan fingerprint density at radius 1 is 1.32 bits per heavy atom. The van der Waals surface area contributed by atoms with Crippen LogP contribution in [-0.2, 0) is 6.54 Å². The van der Waals surface area contributed by atoms with Gasteiger partial charge in [0.1, 0.15) is 23.8 Å². The van der Waals surface area contributed by atoms with Crippen molar-refractivity contribution in [3.8, 4) is 17.2 Å². The van der Waals surface area contributed by atoms with E-state index in [-0.39, 0.29) is 5.91 Å². The van der Waals surface area contributed by atoms with Gasteiger partial charge >= 0.3 is 0 Å². The predicted molar refractivity (Wildman–Crippen MR) is 96.1 cm³/mol. The summed E-state index contributed by atoms with van der Waals surface area (Å²) >= 11 is 1.44. The first kappa shape index (κ1) is 17.5. The predicted octanol–water partition coefficient (Wildman–Crippen LogP) is 3.28. The van der Waals surface area contributed by atoms with Gasteiger partial charge in [0.2, 0.25) is 0 Å². The van der Waals surface area contributed by atoms with E-state index in [4.69, 9.17) is 14.2 Å². The molecule has 7 heteroatoms. The van der Waals surface area contributed by atoms with Gasteiger partial charge in [0, 0.05) is 24.1 Å². The zero-order valence-electron chi connectivity index (χ0n) is 14.8. The number of aryl methyl sites for hydroxylation is 1. The van der Waals surface area contributed by atoms with Crippen molar-refractivity contribution >= 4 is 17.2 Å². The molecule has 0 radical (unpaired) electrons. The minimum Gasteiger partial charge on any atom is -0.496 e. The summed E-state index contributed by atoms with van der Waals surface area (Å²) in [4.78, 5) is 17.7. The van der Waals surface area contributed by atoms with Gasteiger partial charge in [0.05, 0.1) is 17.8 Å². The molecular formula is C18H22N2O4S. The first-order valence-electron chi connectivity index (χ1n) is 8.21. The van der Waals surface area contributed by atoms with E-state index in [1.54, 1.807) is 13.2 Å². The summed E-state index contributed by atoms with van der Waals surface area (Å²) in [6.07, 6.45) is 0. The second-order valence-electron chi connectivity index (χ2n) is 6.11. The maximum absolute atomic E-state index is 12.5. The molecule has 1 aromatic carbocycles. The summed E-state index contributed by atoms with van der Waals surface area (Å²) in [6.45, 7) is 7.38. The Labute approximate surface area is 151 Å². The van der Waals surface area contributed by atoms with Crippen LogP contribution in [0.15, 0.2) is 12.1 Å². The molecule has 1 amide bonds. The highest BCUT2D eigenvalue weighted by Crippen LogP contribution is 2.36. The molecule has 1 N–H and O–H groups in total. The first-order valence-corrected chi connectivity index (χ1v) is 9.03. The third kappa shape index (κ3) is 3.71. The maximum Gasteiger partial charge on any atom is 0.263 e. The number of carbonyl (C=O) groups is 1. The molecule has 1 aliphatic rings. The van der Waals surface area contributed by atoms with E-state index in [9.17, 15) is 4.79 Å². The third-order valence-electron chi connectivity index (χ3n) is 3.90. The highest BCUT2D eigenvalue weighted by Gasteiger charge is 2.19.